The Bertz CT molecular complexity index is 919. The van der Waals surface area contributed by atoms with Crippen LogP contribution in [-0.2, 0) is 13.1 Å². The number of anilines is 1. The van der Waals surface area contributed by atoms with Crippen molar-refractivity contribution in [3.05, 3.63) is 83.4 Å². The first-order chi connectivity index (χ1) is 13.0. The van der Waals surface area contributed by atoms with Gasteiger partial charge in [-0.3, -0.25) is 0 Å². The minimum atomic E-state index is -0.312. The van der Waals surface area contributed by atoms with Gasteiger partial charge >= 0.3 is 6.03 Å². The van der Waals surface area contributed by atoms with Gasteiger partial charge in [-0.25, -0.2) is 9.18 Å². The van der Waals surface area contributed by atoms with Gasteiger partial charge < -0.3 is 19.9 Å². The van der Waals surface area contributed by atoms with Crippen molar-refractivity contribution in [2.24, 2.45) is 0 Å². The Morgan fingerprint density at radius 1 is 1.15 bits per heavy atom. The van der Waals surface area contributed by atoms with Crippen LogP contribution in [0.3, 0.4) is 0 Å². The molecule has 0 radical (unpaired) electrons. The van der Waals surface area contributed by atoms with Gasteiger partial charge in [0.1, 0.15) is 11.6 Å². The van der Waals surface area contributed by atoms with Gasteiger partial charge in [-0.05, 0) is 54.4 Å². The summed E-state index contributed by atoms with van der Waals surface area (Å²) in [5, 5.41) is 5.67. The standard InChI is InChI=1S/C21H22FN3O2/c1-15-5-10-20(27-2)19(12-15)24-21(26)23-13-18-4-3-11-25(18)14-16-6-8-17(22)9-7-16/h3-12H,13-14H2,1-2H3,(H2,23,24,26). The van der Waals surface area contributed by atoms with E-state index in [1.165, 1.54) is 12.1 Å². The summed E-state index contributed by atoms with van der Waals surface area (Å²) in [7, 11) is 1.57. The van der Waals surface area contributed by atoms with E-state index in [1.807, 2.05) is 48.0 Å². The van der Waals surface area contributed by atoms with Crippen molar-refractivity contribution in [2.75, 3.05) is 12.4 Å². The lowest BCUT2D eigenvalue weighted by Gasteiger charge is -2.13. The fraction of sp³-hybridized carbons (Fsp3) is 0.190. The first kappa shape index (κ1) is 18.5. The lowest BCUT2D eigenvalue weighted by atomic mass is 10.2. The minimum absolute atomic E-state index is 0.253. The van der Waals surface area contributed by atoms with Crippen LogP contribution in [0.15, 0.2) is 60.8 Å². The van der Waals surface area contributed by atoms with Gasteiger partial charge in [-0.2, -0.15) is 0 Å². The second-order valence-corrected chi connectivity index (χ2v) is 6.27. The van der Waals surface area contributed by atoms with E-state index in [9.17, 15) is 9.18 Å². The molecule has 1 heterocycles. The normalized spacial score (nSPS) is 10.5. The number of halogens is 1. The van der Waals surface area contributed by atoms with Gasteiger partial charge in [0.2, 0.25) is 0 Å². The van der Waals surface area contributed by atoms with Crippen molar-refractivity contribution in [3.8, 4) is 5.75 Å². The molecule has 0 fully saturated rings. The van der Waals surface area contributed by atoms with Crippen molar-refractivity contribution in [2.45, 2.75) is 20.0 Å². The Morgan fingerprint density at radius 2 is 1.93 bits per heavy atom. The average molecular weight is 367 g/mol. The molecule has 2 N–H and O–H groups in total. The molecular weight excluding hydrogens is 345 g/mol. The lowest BCUT2D eigenvalue weighted by molar-refractivity contribution is 0.251. The summed E-state index contributed by atoms with van der Waals surface area (Å²) in [5.74, 6) is 0.354. The fourth-order valence-corrected chi connectivity index (χ4v) is 2.81. The van der Waals surface area contributed by atoms with Crippen LogP contribution in [0.5, 0.6) is 5.75 Å². The van der Waals surface area contributed by atoms with E-state index in [0.29, 0.717) is 24.5 Å². The number of carbonyl (C=O) groups is 1. The van der Waals surface area contributed by atoms with Gasteiger partial charge in [0.15, 0.2) is 0 Å². The highest BCUT2D eigenvalue weighted by atomic mass is 19.1. The maximum Gasteiger partial charge on any atom is 0.319 e. The number of methoxy groups -OCH3 is 1. The number of nitrogens with one attached hydrogen (secondary N) is 2. The van der Waals surface area contributed by atoms with E-state index in [-0.39, 0.29) is 11.8 Å². The number of benzene rings is 2. The predicted octanol–water partition coefficient (Wildman–Crippen LogP) is 4.31. The average Bonchev–Trinajstić information content (AvgIpc) is 3.09. The van der Waals surface area contributed by atoms with E-state index < -0.39 is 0 Å². The summed E-state index contributed by atoms with van der Waals surface area (Å²) in [6, 6.07) is 15.5. The third kappa shape index (κ3) is 4.88. The molecule has 140 valence electrons. The Kier molecular flexibility index (Phi) is 5.76. The molecular formula is C21H22FN3O2. The summed E-state index contributed by atoms with van der Waals surface area (Å²) in [5.41, 5.74) is 3.59. The molecule has 6 heteroatoms. The van der Waals surface area contributed by atoms with Gasteiger partial charge in [-0.1, -0.05) is 18.2 Å². The summed E-state index contributed by atoms with van der Waals surface area (Å²) in [6.45, 7) is 2.93. The maximum atomic E-state index is 13.0. The largest absolute Gasteiger partial charge is 0.495 e. The van der Waals surface area contributed by atoms with E-state index in [4.69, 9.17) is 4.74 Å². The zero-order valence-corrected chi connectivity index (χ0v) is 15.3. The molecule has 5 nitrogen and oxygen atoms in total. The molecule has 0 aliphatic heterocycles. The molecule has 3 aromatic rings. The molecule has 0 aliphatic rings. The number of amides is 2. The van der Waals surface area contributed by atoms with Gasteiger partial charge in [0.25, 0.3) is 0 Å². The molecule has 0 atom stereocenters. The number of carbonyl (C=O) groups excluding carboxylic acids is 1. The molecule has 0 saturated heterocycles. The van der Waals surface area contributed by atoms with Crippen LogP contribution in [0.4, 0.5) is 14.9 Å². The summed E-state index contributed by atoms with van der Waals surface area (Å²) in [4.78, 5) is 12.3. The van der Waals surface area contributed by atoms with E-state index in [1.54, 1.807) is 19.2 Å². The minimum Gasteiger partial charge on any atom is -0.495 e. The molecule has 0 saturated carbocycles. The molecule has 27 heavy (non-hydrogen) atoms. The Labute approximate surface area is 157 Å². The summed E-state index contributed by atoms with van der Waals surface area (Å²) >= 11 is 0. The third-order valence-corrected chi connectivity index (χ3v) is 4.22. The number of aromatic nitrogens is 1. The van der Waals surface area contributed by atoms with Crippen LogP contribution < -0.4 is 15.4 Å². The van der Waals surface area contributed by atoms with Gasteiger partial charge in [-0.15, -0.1) is 0 Å². The Balaban J connectivity index is 1.61. The quantitative estimate of drug-likeness (QED) is 0.682. The maximum absolute atomic E-state index is 13.0. The first-order valence-electron chi connectivity index (χ1n) is 8.63. The number of urea groups is 1. The van der Waals surface area contributed by atoms with Crippen molar-refractivity contribution < 1.29 is 13.9 Å². The number of rotatable bonds is 6. The lowest BCUT2D eigenvalue weighted by Crippen LogP contribution is -2.29. The number of aryl methyl sites for hydroxylation is 1. The second kappa shape index (κ2) is 8.40. The zero-order valence-electron chi connectivity index (χ0n) is 15.3. The Morgan fingerprint density at radius 3 is 2.67 bits per heavy atom. The highest BCUT2D eigenvalue weighted by Gasteiger charge is 2.09. The molecule has 0 unspecified atom stereocenters. The highest BCUT2D eigenvalue weighted by Crippen LogP contribution is 2.25. The van der Waals surface area contributed by atoms with Crippen molar-refractivity contribution in [1.82, 2.24) is 9.88 Å². The van der Waals surface area contributed by atoms with Crippen molar-refractivity contribution >= 4 is 11.7 Å². The topological polar surface area (TPSA) is 55.3 Å². The molecule has 2 aromatic carbocycles. The smallest absolute Gasteiger partial charge is 0.319 e. The summed E-state index contributed by atoms with van der Waals surface area (Å²) in [6.07, 6.45) is 1.93. The fourth-order valence-electron chi connectivity index (χ4n) is 2.81. The van der Waals surface area contributed by atoms with Crippen molar-refractivity contribution in [1.29, 1.82) is 0 Å². The SMILES string of the molecule is COc1ccc(C)cc1NC(=O)NCc1cccn1Cc1ccc(F)cc1. The van der Waals surface area contributed by atoms with E-state index >= 15 is 0 Å². The Hall–Kier alpha value is -3.28. The molecule has 2 amide bonds. The molecule has 3 rings (SSSR count). The van der Waals surface area contributed by atoms with E-state index in [2.05, 4.69) is 10.6 Å². The second-order valence-electron chi connectivity index (χ2n) is 6.27. The predicted molar refractivity (Wildman–Crippen MR) is 104 cm³/mol. The number of ether oxygens (including phenoxy) is 1. The van der Waals surface area contributed by atoms with Gasteiger partial charge in [0.05, 0.1) is 19.3 Å². The monoisotopic (exact) mass is 367 g/mol. The number of hydrogen-bond acceptors (Lipinski definition) is 2. The first-order valence-corrected chi connectivity index (χ1v) is 8.63. The van der Waals surface area contributed by atoms with Crippen LogP contribution in [-0.4, -0.2) is 17.7 Å². The van der Waals surface area contributed by atoms with Crippen LogP contribution in [0, 0.1) is 12.7 Å². The van der Waals surface area contributed by atoms with Gasteiger partial charge in [0, 0.05) is 18.4 Å². The molecule has 0 aliphatic carbocycles. The van der Waals surface area contributed by atoms with Crippen LogP contribution in [0.1, 0.15) is 16.8 Å². The summed E-state index contributed by atoms with van der Waals surface area (Å²) < 4.78 is 20.3. The van der Waals surface area contributed by atoms with Crippen molar-refractivity contribution in [3.63, 3.8) is 0 Å². The van der Waals surface area contributed by atoms with E-state index in [0.717, 1.165) is 16.8 Å². The van der Waals surface area contributed by atoms with Crippen LogP contribution >= 0.6 is 0 Å². The third-order valence-electron chi connectivity index (χ3n) is 4.22. The zero-order chi connectivity index (χ0) is 19.2. The van der Waals surface area contributed by atoms with Crippen LogP contribution in [0.25, 0.3) is 0 Å². The molecule has 1 aromatic heterocycles. The number of nitrogens with zero attached hydrogens (tertiary/aromatic N) is 1. The highest BCUT2D eigenvalue weighted by molar-refractivity contribution is 5.91. The number of hydrogen-bond donors (Lipinski definition) is 2. The van der Waals surface area contributed by atoms with Crippen LogP contribution in [0.2, 0.25) is 0 Å². The molecule has 0 spiro atoms. The molecule has 0 bridgehead atoms.